The SMILES string of the molecule is O=C(O)C1OC(O)CC(O)[C@H]1O. The molecule has 0 aromatic rings. The first-order valence-corrected chi connectivity index (χ1v) is 3.45. The van der Waals surface area contributed by atoms with Gasteiger partial charge in [0.2, 0.25) is 0 Å². The lowest BCUT2D eigenvalue weighted by Crippen LogP contribution is -2.51. The third-order valence-corrected chi connectivity index (χ3v) is 1.69. The zero-order chi connectivity index (χ0) is 9.30. The number of rotatable bonds is 1. The summed E-state index contributed by atoms with van der Waals surface area (Å²) in [4.78, 5) is 10.3. The Kier molecular flexibility index (Phi) is 2.63. The Morgan fingerprint density at radius 3 is 2.42 bits per heavy atom. The van der Waals surface area contributed by atoms with Crippen molar-refractivity contribution in [2.75, 3.05) is 0 Å². The van der Waals surface area contributed by atoms with Crippen molar-refractivity contribution in [1.29, 1.82) is 0 Å². The van der Waals surface area contributed by atoms with Crippen molar-refractivity contribution in [1.82, 2.24) is 0 Å². The van der Waals surface area contributed by atoms with E-state index in [1.165, 1.54) is 0 Å². The van der Waals surface area contributed by atoms with Crippen LogP contribution in [-0.2, 0) is 9.53 Å². The van der Waals surface area contributed by atoms with Crippen molar-refractivity contribution >= 4 is 5.97 Å². The Bertz CT molecular complexity index is 181. The van der Waals surface area contributed by atoms with E-state index in [0.717, 1.165) is 0 Å². The predicted octanol–water partition coefficient (Wildman–Crippen LogP) is -2.10. The van der Waals surface area contributed by atoms with Crippen LogP contribution >= 0.6 is 0 Å². The van der Waals surface area contributed by atoms with Gasteiger partial charge in [0.15, 0.2) is 12.4 Å². The highest BCUT2D eigenvalue weighted by atomic mass is 16.6. The number of hydrogen-bond acceptors (Lipinski definition) is 5. The standard InChI is InChI=1S/C6H10O6/c7-2-1-3(8)12-5(4(2)9)6(10)11/h2-5,7-9H,1H2,(H,10,11)/t2?,3?,4-,5?/m1/s1. The zero-order valence-electron chi connectivity index (χ0n) is 6.12. The van der Waals surface area contributed by atoms with Gasteiger partial charge in [0.25, 0.3) is 0 Å². The van der Waals surface area contributed by atoms with Crippen molar-refractivity contribution in [3.05, 3.63) is 0 Å². The number of carboxylic acids is 1. The van der Waals surface area contributed by atoms with Crippen LogP contribution in [0.2, 0.25) is 0 Å². The highest BCUT2D eigenvalue weighted by Crippen LogP contribution is 2.18. The van der Waals surface area contributed by atoms with E-state index in [9.17, 15) is 4.79 Å². The number of hydrogen-bond donors (Lipinski definition) is 4. The largest absolute Gasteiger partial charge is 0.479 e. The maximum absolute atomic E-state index is 10.3. The van der Waals surface area contributed by atoms with E-state index in [1.807, 2.05) is 0 Å². The van der Waals surface area contributed by atoms with E-state index in [2.05, 4.69) is 4.74 Å². The van der Waals surface area contributed by atoms with E-state index in [-0.39, 0.29) is 6.42 Å². The number of ether oxygens (including phenoxy) is 1. The van der Waals surface area contributed by atoms with Gasteiger partial charge in [0.05, 0.1) is 6.10 Å². The summed E-state index contributed by atoms with van der Waals surface area (Å²) in [7, 11) is 0. The molecule has 1 rings (SSSR count). The zero-order valence-corrected chi connectivity index (χ0v) is 6.12. The second-order valence-electron chi connectivity index (χ2n) is 2.64. The molecule has 0 amide bonds. The first kappa shape index (κ1) is 9.40. The van der Waals surface area contributed by atoms with Gasteiger partial charge in [0, 0.05) is 6.42 Å². The fourth-order valence-electron chi connectivity index (χ4n) is 1.06. The molecule has 4 atom stereocenters. The Morgan fingerprint density at radius 2 is 1.92 bits per heavy atom. The topological polar surface area (TPSA) is 107 Å². The molecule has 0 aromatic heterocycles. The fraction of sp³-hybridized carbons (Fsp3) is 0.833. The van der Waals surface area contributed by atoms with Gasteiger partial charge < -0.3 is 25.2 Å². The summed E-state index contributed by atoms with van der Waals surface area (Å²) in [6.45, 7) is 0. The average Bonchev–Trinajstić information content (AvgIpc) is 1.96. The molecular formula is C6H10O6. The molecule has 0 aliphatic carbocycles. The van der Waals surface area contributed by atoms with Crippen molar-refractivity contribution in [3.63, 3.8) is 0 Å². The number of carboxylic acid groups (broad SMARTS) is 1. The molecule has 0 aromatic carbocycles. The Balaban J connectivity index is 2.66. The summed E-state index contributed by atoms with van der Waals surface area (Å²) in [5, 5.41) is 35.4. The normalized spacial score (nSPS) is 42.6. The third-order valence-electron chi connectivity index (χ3n) is 1.69. The van der Waals surface area contributed by atoms with Crippen LogP contribution in [0.5, 0.6) is 0 Å². The lowest BCUT2D eigenvalue weighted by molar-refractivity contribution is -0.236. The molecule has 12 heavy (non-hydrogen) atoms. The molecule has 1 heterocycles. The molecule has 70 valence electrons. The van der Waals surface area contributed by atoms with Gasteiger partial charge in [0.1, 0.15) is 6.10 Å². The fourth-order valence-corrected chi connectivity index (χ4v) is 1.06. The van der Waals surface area contributed by atoms with Crippen LogP contribution < -0.4 is 0 Å². The lowest BCUT2D eigenvalue weighted by atomic mass is 10.0. The van der Waals surface area contributed by atoms with Crippen LogP contribution in [0.15, 0.2) is 0 Å². The lowest BCUT2D eigenvalue weighted by Gasteiger charge is -2.32. The minimum atomic E-state index is -1.55. The molecule has 0 spiro atoms. The Hall–Kier alpha value is -0.690. The maximum Gasteiger partial charge on any atom is 0.335 e. The molecular weight excluding hydrogens is 168 g/mol. The first-order valence-electron chi connectivity index (χ1n) is 3.45. The molecule has 0 bridgehead atoms. The summed E-state index contributed by atoms with van der Waals surface area (Å²) in [6.07, 6.45) is -5.79. The number of aliphatic hydroxyl groups excluding tert-OH is 3. The molecule has 1 aliphatic heterocycles. The van der Waals surface area contributed by atoms with Gasteiger partial charge >= 0.3 is 5.97 Å². The van der Waals surface area contributed by atoms with Gasteiger partial charge in [-0.05, 0) is 0 Å². The van der Waals surface area contributed by atoms with Crippen LogP contribution in [0.1, 0.15) is 6.42 Å². The maximum atomic E-state index is 10.3. The third kappa shape index (κ3) is 1.72. The number of carbonyl (C=O) groups is 1. The first-order chi connectivity index (χ1) is 5.52. The van der Waals surface area contributed by atoms with Crippen LogP contribution in [0.3, 0.4) is 0 Å². The summed E-state index contributed by atoms with van der Waals surface area (Å²) >= 11 is 0. The number of aliphatic hydroxyl groups is 3. The molecule has 4 N–H and O–H groups in total. The summed E-state index contributed by atoms with van der Waals surface area (Å²) < 4.78 is 4.48. The molecule has 1 saturated heterocycles. The van der Waals surface area contributed by atoms with Crippen LogP contribution in [-0.4, -0.2) is 51.0 Å². The quantitative estimate of drug-likeness (QED) is 0.366. The highest BCUT2D eigenvalue weighted by molar-refractivity contribution is 5.73. The van der Waals surface area contributed by atoms with Crippen LogP contribution in [0.4, 0.5) is 0 Å². The van der Waals surface area contributed by atoms with Gasteiger partial charge in [-0.3, -0.25) is 0 Å². The van der Waals surface area contributed by atoms with Crippen molar-refractivity contribution in [2.45, 2.75) is 31.0 Å². The molecule has 0 saturated carbocycles. The van der Waals surface area contributed by atoms with Crippen LogP contribution in [0, 0.1) is 0 Å². The summed E-state index contributed by atoms with van der Waals surface area (Å²) in [5.74, 6) is -1.40. The summed E-state index contributed by atoms with van der Waals surface area (Å²) in [5.41, 5.74) is 0. The Morgan fingerprint density at radius 1 is 1.33 bits per heavy atom. The predicted molar refractivity (Wildman–Crippen MR) is 35.1 cm³/mol. The van der Waals surface area contributed by atoms with Crippen molar-refractivity contribution < 1.29 is 30.0 Å². The van der Waals surface area contributed by atoms with E-state index in [1.54, 1.807) is 0 Å². The second-order valence-corrected chi connectivity index (χ2v) is 2.64. The van der Waals surface area contributed by atoms with Gasteiger partial charge in [-0.25, -0.2) is 4.79 Å². The average molecular weight is 178 g/mol. The molecule has 1 aliphatic rings. The molecule has 0 radical (unpaired) electrons. The summed E-state index contributed by atoms with van der Waals surface area (Å²) in [6, 6.07) is 0. The smallest absolute Gasteiger partial charge is 0.335 e. The second kappa shape index (κ2) is 3.36. The van der Waals surface area contributed by atoms with Gasteiger partial charge in [-0.2, -0.15) is 0 Å². The van der Waals surface area contributed by atoms with Gasteiger partial charge in [-0.1, -0.05) is 0 Å². The van der Waals surface area contributed by atoms with Crippen LogP contribution in [0.25, 0.3) is 0 Å². The molecule has 3 unspecified atom stereocenters. The van der Waals surface area contributed by atoms with E-state index >= 15 is 0 Å². The number of aliphatic carboxylic acids is 1. The minimum Gasteiger partial charge on any atom is -0.479 e. The van der Waals surface area contributed by atoms with E-state index in [4.69, 9.17) is 20.4 Å². The molecule has 6 nitrogen and oxygen atoms in total. The molecule has 6 heteroatoms. The minimum absolute atomic E-state index is 0.176. The monoisotopic (exact) mass is 178 g/mol. The molecule has 1 fully saturated rings. The van der Waals surface area contributed by atoms with Gasteiger partial charge in [-0.15, -0.1) is 0 Å². The Labute approximate surface area is 68.0 Å². The van der Waals surface area contributed by atoms with E-state index < -0.39 is 30.6 Å². The highest BCUT2D eigenvalue weighted by Gasteiger charge is 2.40. The van der Waals surface area contributed by atoms with Crippen molar-refractivity contribution in [3.8, 4) is 0 Å². The van der Waals surface area contributed by atoms with Crippen molar-refractivity contribution in [2.24, 2.45) is 0 Å². The van der Waals surface area contributed by atoms with E-state index in [0.29, 0.717) is 0 Å².